The second-order valence-electron chi connectivity index (χ2n) is 6.56. The first-order chi connectivity index (χ1) is 10.0. The molecule has 0 aromatic heterocycles. The van der Waals surface area contributed by atoms with Gasteiger partial charge in [0.25, 0.3) is 0 Å². The highest BCUT2D eigenvalue weighted by Crippen LogP contribution is 2.37. The molecule has 2 unspecified atom stereocenters. The molecule has 1 aliphatic heterocycles. The van der Waals surface area contributed by atoms with Crippen molar-refractivity contribution in [2.24, 2.45) is 11.8 Å². The van der Waals surface area contributed by atoms with Crippen LogP contribution in [0.15, 0.2) is 0 Å². The monoisotopic (exact) mass is 296 g/mol. The van der Waals surface area contributed by atoms with E-state index in [2.05, 4.69) is 19.2 Å². The zero-order valence-electron chi connectivity index (χ0n) is 13.4. The van der Waals surface area contributed by atoms with Gasteiger partial charge in [-0.25, -0.2) is 0 Å². The fourth-order valence-electron chi connectivity index (χ4n) is 3.04. The van der Waals surface area contributed by atoms with E-state index in [9.17, 15) is 9.59 Å². The van der Waals surface area contributed by atoms with Gasteiger partial charge in [-0.1, -0.05) is 13.8 Å². The lowest BCUT2D eigenvalue weighted by Crippen LogP contribution is -2.64. The number of amides is 2. The second-order valence-corrected chi connectivity index (χ2v) is 6.56. The molecule has 0 aromatic rings. The Bertz CT molecular complexity index is 380. The largest absolute Gasteiger partial charge is 0.382 e. The van der Waals surface area contributed by atoms with Gasteiger partial charge in [0, 0.05) is 19.8 Å². The van der Waals surface area contributed by atoms with E-state index in [-0.39, 0.29) is 23.9 Å². The number of carbonyl (C=O) groups is 2. The SMILES string of the molecule is CCOCCCN1C(=O)C(CC(C)C)NC(=O)C1C1CC1. The first-order valence-electron chi connectivity index (χ1n) is 8.23. The Morgan fingerprint density at radius 3 is 2.62 bits per heavy atom. The summed E-state index contributed by atoms with van der Waals surface area (Å²) in [5.74, 6) is 0.888. The molecule has 2 aliphatic rings. The molecule has 5 heteroatoms. The summed E-state index contributed by atoms with van der Waals surface area (Å²) in [5.41, 5.74) is 0. The summed E-state index contributed by atoms with van der Waals surface area (Å²) >= 11 is 0. The van der Waals surface area contributed by atoms with Crippen LogP contribution < -0.4 is 5.32 Å². The minimum absolute atomic E-state index is 0.0409. The molecule has 1 saturated carbocycles. The summed E-state index contributed by atoms with van der Waals surface area (Å²) in [6.07, 6.45) is 3.62. The summed E-state index contributed by atoms with van der Waals surface area (Å²) in [4.78, 5) is 26.9. The molecule has 0 radical (unpaired) electrons. The summed E-state index contributed by atoms with van der Waals surface area (Å²) in [6, 6.07) is -0.595. The van der Waals surface area contributed by atoms with Crippen molar-refractivity contribution in [2.75, 3.05) is 19.8 Å². The Morgan fingerprint density at radius 1 is 1.33 bits per heavy atom. The topological polar surface area (TPSA) is 58.6 Å². The highest BCUT2D eigenvalue weighted by molar-refractivity contribution is 5.97. The Labute approximate surface area is 127 Å². The van der Waals surface area contributed by atoms with E-state index >= 15 is 0 Å². The van der Waals surface area contributed by atoms with Gasteiger partial charge in [-0.2, -0.15) is 0 Å². The van der Waals surface area contributed by atoms with E-state index in [1.165, 1.54) is 0 Å². The van der Waals surface area contributed by atoms with Crippen LogP contribution >= 0.6 is 0 Å². The number of carbonyl (C=O) groups excluding carboxylic acids is 2. The lowest BCUT2D eigenvalue weighted by molar-refractivity contribution is -0.151. The van der Waals surface area contributed by atoms with E-state index in [1.807, 2.05) is 11.8 Å². The molecule has 2 atom stereocenters. The number of nitrogens with one attached hydrogen (secondary N) is 1. The van der Waals surface area contributed by atoms with Gasteiger partial charge in [0.1, 0.15) is 12.1 Å². The third-order valence-corrected chi connectivity index (χ3v) is 4.17. The first-order valence-corrected chi connectivity index (χ1v) is 8.23. The van der Waals surface area contributed by atoms with Crippen molar-refractivity contribution in [3.63, 3.8) is 0 Å². The van der Waals surface area contributed by atoms with Crippen LogP contribution in [-0.2, 0) is 14.3 Å². The van der Waals surface area contributed by atoms with Crippen molar-refractivity contribution < 1.29 is 14.3 Å². The third kappa shape index (κ3) is 4.19. The standard InChI is InChI=1S/C16H28N2O3/c1-4-21-9-5-8-18-14(12-6-7-12)15(19)17-13(16(18)20)10-11(2)3/h11-14H,4-10H2,1-3H3,(H,17,19). The zero-order valence-corrected chi connectivity index (χ0v) is 13.4. The number of hydrogen-bond donors (Lipinski definition) is 1. The van der Waals surface area contributed by atoms with Crippen molar-refractivity contribution in [3.05, 3.63) is 0 Å². The molecule has 0 aromatic carbocycles. The average molecular weight is 296 g/mol. The lowest BCUT2D eigenvalue weighted by Gasteiger charge is -2.39. The molecule has 0 bridgehead atoms. The molecule has 1 heterocycles. The minimum Gasteiger partial charge on any atom is -0.382 e. The molecule has 2 amide bonds. The maximum absolute atomic E-state index is 12.7. The Kier molecular flexibility index (Phi) is 5.62. The van der Waals surface area contributed by atoms with Gasteiger partial charge < -0.3 is 15.0 Å². The van der Waals surface area contributed by atoms with Gasteiger partial charge in [0.2, 0.25) is 11.8 Å². The van der Waals surface area contributed by atoms with Crippen molar-refractivity contribution >= 4 is 11.8 Å². The number of piperazine rings is 1. The molecular formula is C16H28N2O3. The van der Waals surface area contributed by atoms with Crippen LogP contribution in [0.5, 0.6) is 0 Å². The van der Waals surface area contributed by atoms with Gasteiger partial charge >= 0.3 is 0 Å². The van der Waals surface area contributed by atoms with Crippen LogP contribution in [0.2, 0.25) is 0 Å². The summed E-state index contributed by atoms with van der Waals surface area (Å²) in [7, 11) is 0. The molecule has 0 spiro atoms. The van der Waals surface area contributed by atoms with E-state index in [0.717, 1.165) is 19.3 Å². The van der Waals surface area contributed by atoms with E-state index in [1.54, 1.807) is 0 Å². The van der Waals surface area contributed by atoms with Crippen LogP contribution in [0, 0.1) is 11.8 Å². The highest BCUT2D eigenvalue weighted by atomic mass is 16.5. The van der Waals surface area contributed by atoms with Crippen molar-refractivity contribution in [2.45, 2.75) is 58.5 Å². The average Bonchev–Trinajstić information content (AvgIpc) is 3.23. The van der Waals surface area contributed by atoms with E-state index in [0.29, 0.717) is 38.0 Å². The molecule has 120 valence electrons. The Hall–Kier alpha value is -1.10. The lowest BCUT2D eigenvalue weighted by atomic mass is 9.96. The van der Waals surface area contributed by atoms with E-state index < -0.39 is 0 Å². The molecular weight excluding hydrogens is 268 g/mol. The van der Waals surface area contributed by atoms with Gasteiger partial charge in [0.05, 0.1) is 0 Å². The summed E-state index contributed by atoms with van der Waals surface area (Å²) in [6.45, 7) is 8.08. The Balaban J connectivity index is 2.01. The van der Waals surface area contributed by atoms with Crippen LogP contribution in [0.4, 0.5) is 0 Å². The highest BCUT2D eigenvalue weighted by Gasteiger charge is 2.47. The zero-order chi connectivity index (χ0) is 15.4. The maximum Gasteiger partial charge on any atom is 0.245 e. The van der Waals surface area contributed by atoms with E-state index in [4.69, 9.17) is 4.74 Å². The Morgan fingerprint density at radius 2 is 2.05 bits per heavy atom. The molecule has 1 N–H and O–H groups in total. The molecule has 21 heavy (non-hydrogen) atoms. The molecule has 5 nitrogen and oxygen atoms in total. The normalized spacial score (nSPS) is 26.4. The van der Waals surface area contributed by atoms with Crippen LogP contribution in [0.1, 0.15) is 46.5 Å². The fourth-order valence-corrected chi connectivity index (χ4v) is 3.04. The minimum atomic E-state index is -0.348. The van der Waals surface area contributed by atoms with Crippen molar-refractivity contribution in [1.82, 2.24) is 10.2 Å². The smallest absolute Gasteiger partial charge is 0.245 e. The number of ether oxygens (including phenoxy) is 1. The quantitative estimate of drug-likeness (QED) is 0.692. The molecule has 1 saturated heterocycles. The molecule has 2 rings (SSSR count). The second kappa shape index (κ2) is 7.25. The summed E-state index contributed by atoms with van der Waals surface area (Å²) in [5, 5.41) is 2.94. The maximum atomic E-state index is 12.7. The van der Waals surface area contributed by atoms with Gasteiger partial charge in [0.15, 0.2) is 0 Å². The van der Waals surface area contributed by atoms with Gasteiger partial charge in [-0.15, -0.1) is 0 Å². The van der Waals surface area contributed by atoms with Gasteiger partial charge in [-0.3, -0.25) is 9.59 Å². The number of hydrogen-bond acceptors (Lipinski definition) is 3. The summed E-state index contributed by atoms with van der Waals surface area (Å²) < 4.78 is 5.35. The number of rotatable bonds is 8. The van der Waals surface area contributed by atoms with Crippen LogP contribution in [-0.4, -0.2) is 48.6 Å². The van der Waals surface area contributed by atoms with Crippen molar-refractivity contribution in [3.8, 4) is 0 Å². The fraction of sp³-hybridized carbons (Fsp3) is 0.875. The molecule has 2 fully saturated rings. The number of nitrogens with zero attached hydrogens (tertiary/aromatic N) is 1. The third-order valence-electron chi connectivity index (χ3n) is 4.17. The van der Waals surface area contributed by atoms with Crippen molar-refractivity contribution in [1.29, 1.82) is 0 Å². The molecule has 1 aliphatic carbocycles. The first kappa shape index (κ1) is 16.3. The van der Waals surface area contributed by atoms with Crippen LogP contribution in [0.3, 0.4) is 0 Å². The predicted molar refractivity (Wildman–Crippen MR) is 80.7 cm³/mol. The van der Waals surface area contributed by atoms with Gasteiger partial charge in [-0.05, 0) is 44.4 Å². The van der Waals surface area contributed by atoms with Crippen LogP contribution in [0.25, 0.3) is 0 Å². The predicted octanol–water partition coefficient (Wildman–Crippen LogP) is 1.56.